The molecule has 0 aromatic carbocycles. The third-order valence-corrected chi connectivity index (χ3v) is 2.70. The summed E-state index contributed by atoms with van der Waals surface area (Å²) in [4.78, 5) is 34.1. The van der Waals surface area contributed by atoms with E-state index < -0.39 is 29.8 Å². The number of carbonyl (C=O) groups is 3. The van der Waals surface area contributed by atoms with Gasteiger partial charge in [-0.1, -0.05) is 0 Å². The molecule has 0 aromatic rings. The number of ether oxygens (including phenoxy) is 1. The number of esters is 1. The normalized spacial score (nSPS) is 25.1. The Morgan fingerprint density at radius 2 is 2.00 bits per heavy atom. The number of carboxylic acids is 1. The van der Waals surface area contributed by atoms with Gasteiger partial charge in [0, 0.05) is 12.6 Å². The fraction of sp³-hybridized carbons (Fsp3) is 0.667. The SMILES string of the molecule is COC(=O)[C@H]1CCN(C(=O)C(=O)O)[C@H]1C. The van der Waals surface area contributed by atoms with Gasteiger partial charge in [0.2, 0.25) is 0 Å². The number of carbonyl (C=O) groups excluding carboxylic acids is 2. The van der Waals surface area contributed by atoms with Gasteiger partial charge in [-0.2, -0.15) is 0 Å². The highest BCUT2D eigenvalue weighted by atomic mass is 16.5. The monoisotopic (exact) mass is 215 g/mol. The molecule has 6 heteroatoms. The fourth-order valence-corrected chi connectivity index (χ4v) is 1.82. The van der Waals surface area contributed by atoms with Gasteiger partial charge in [-0.25, -0.2) is 4.79 Å². The first kappa shape index (κ1) is 11.5. The van der Waals surface area contributed by atoms with E-state index in [1.54, 1.807) is 6.92 Å². The van der Waals surface area contributed by atoms with E-state index in [1.165, 1.54) is 12.0 Å². The van der Waals surface area contributed by atoms with E-state index in [9.17, 15) is 14.4 Å². The number of aliphatic carboxylic acids is 1. The summed E-state index contributed by atoms with van der Waals surface area (Å²) >= 11 is 0. The number of nitrogens with zero attached hydrogens (tertiary/aromatic N) is 1. The van der Waals surface area contributed by atoms with E-state index in [0.29, 0.717) is 6.42 Å². The van der Waals surface area contributed by atoms with Crippen LogP contribution in [0.5, 0.6) is 0 Å². The van der Waals surface area contributed by atoms with E-state index >= 15 is 0 Å². The molecule has 6 nitrogen and oxygen atoms in total. The van der Waals surface area contributed by atoms with Crippen molar-refractivity contribution in [1.29, 1.82) is 0 Å². The summed E-state index contributed by atoms with van der Waals surface area (Å²) in [5.74, 6) is -3.28. The second-order valence-corrected chi connectivity index (χ2v) is 3.46. The van der Waals surface area contributed by atoms with Gasteiger partial charge in [0.1, 0.15) is 0 Å². The second-order valence-electron chi connectivity index (χ2n) is 3.46. The molecule has 1 saturated heterocycles. The molecule has 0 aliphatic carbocycles. The van der Waals surface area contributed by atoms with Crippen molar-refractivity contribution in [3.05, 3.63) is 0 Å². The molecule has 1 rings (SSSR count). The van der Waals surface area contributed by atoms with Gasteiger partial charge in [0.25, 0.3) is 0 Å². The number of carboxylic acid groups (broad SMARTS) is 1. The topological polar surface area (TPSA) is 83.9 Å². The maximum absolute atomic E-state index is 11.3. The lowest BCUT2D eigenvalue weighted by molar-refractivity contribution is -0.157. The first-order valence-corrected chi connectivity index (χ1v) is 4.60. The molecule has 1 amide bonds. The predicted octanol–water partition coefficient (Wildman–Crippen LogP) is -0.519. The Morgan fingerprint density at radius 1 is 1.40 bits per heavy atom. The highest BCUT2D eigenvalue weighted by Gasteiger charge is 2.40. The molecule has 2 atom stereocenters. The summed E-state index contributed by atoms with van der Waals surface area (Å²) in [6, 6.07) is -0.416. The van der Waals surface area contributed by atoms with Crippen molar-refractivity contribution in [2.24, 2.45) is 5.92 Å². The van der Waals surface area contributed by atoms with Gasteiger partial charge in [-0.3, -0.25) is 9.59 Å². The minimum atomic E-state index is -1.49. The molecule has 1 fully saturated rings. The van der Waals surface area contributed by atoms with Gasteiger partial charge in [0.15, 0.2) is 0 Å². The first-order chi connectivity index (χ1) is 6.99. The largest absolute Gasteiger partial charge is 0.474 e. The predicted molar refractivity (Wildman–Crippen MR) is 48.9 cm³/mol. The van der Waals surface area contributed by atoms with Crippen LogP contribution in [0, 0.1) is 5.92 Å². The summed E-state index contributed by atoms with van der Waals surface area (Å²) in [6.07, 6.45) is 0.451. The molecule has 1 N–H and O–H groups in total. The lowest BCUT2D eigenvalue weighted by Gasteiger charge is -2.21. The number of likely N-dealkylation sites (tertiary alicyclic amines) is 1. The van der Waals surface area contributed by atoms with Crippen LogP contribution in [0.15, 0.2) is 0 Å². The molecule has 15 heavy (non-hydrogen) atoms. The molecule has 0 saturated carbocycles. The lowest BCUT2D eigenvalue weighted by atomic mass is 10.0. The Balaban J connectivity index is 2.72. The molecular weight excluding hydrogens is 202 g/mol. The third kappa shape index (κ3) is 2.08. The van der Waals surface area contributed by atoms with Gasteiger partial charge in [0.05, 0.1) is 13.0 Å². The average molecular weight is 215 g/mol. The third-order valence-electron chi connectivity index (χ3n) is 2.70. The zero-order valence-corrected chi connectivity index (χ0v) is 8.60. The molecule has 84 valence electrons. The van der Waals surface area contributed by atoms with Crippen molar-refractivity contribution >= 4 is 17.8 Å². The number of rotatable bonds is 1. The highest BCUT2D eigenvalue weighted by Crippen LogP contribution is 2.25. The fourth-order valence-electron chi connectivity index (χ4n) is 1.82. The van der Waals surface area contributed by atoms with Crippen LogP contribution in [-0.2, 0) is 19.1 Å². The van der Waals surface area contributed by atoms with Crippen LogP contribution in [0.4, 0.5) is 0 Å². The summed E-state index contributed by atoms with van der Waals surface area (Å²) in [6.45, 7) is 1.93. The van der Waals surface area contributed by atoms with E-state index in [4.69, 9.17) is 5.11 Å². The minimum absolute atomic E-state index is 0.284. The Morgan fingerprint density at radius 3 is 2.47 bits per heavy atom. The average Bonchev–Trinajstić information content (AvgIpc) is 2.57. The van der Waals surface area contributed by atoms with Crippen molar-refractivity contribution < 1.29 is 24.2 Å². The minimum Gasteiger partial charge on any atom is -0.474 e. The Kier molecular flexibility index (Phi) is 3.28. The molecule has 0 unspecified atom stereocenters. The van der Waals surface area contributed by atoms with E-state index in [0.717, 1.165) is 0 Å². The Labute approximate surface area is 86.8 Å². The van der Waals surface area contributed by atoms with Crippen molar-refractivity contribution in [2.75, 3.05) is 13.7 Å². The zero-order chi connectivity index (χ0) is 11.6. The number of hydrogen-bond acceptors (Lipinski definition) is 4. The maximum Gasteiger partial charge on any atom is 0.394 e. The molecule has 0 radical (unpaired) electrons. The molecule has 1 heterocycles. The number of hydrogen-bond donors (Lipinski definition) is 1. The summed E-state index contributed by atoms with van der Waals surface area (Å²) < 4.78 is 4.57. The second kappa shape index (κ2) is 4.29. The molecule has 1 aliphatic heterocycles. The van der Waals surface area contributed by atoms with Crippen molar-refractivity contribution in [3.63, 3.8) is 0 Å². The van der Waals surface area contributed by atoms with Crippen molar-refractivity contribution in [1.82, 2.24) is 4.90 Å². The zero-order valence-electron chi connectivity index (χ0n) is 8.60. The summed E-state index contributed by atoms with van der Waals surface area (Å²) in [5.41, 5.74) is 0. The van der Waals surface area contributed by atoms with Gasteiger partial charge >= 0.3 is 17.8 Å². The van der Waals surface area contributed by atoms with Gasteiger partial charge in [-0.15, -0.1) is 0 Å². The highest BCUT2D eigenvalue weighted by molar-refractivity contribution is 6.31. The Hall–Kier alpha value is -1.59. The van der Waals surface area contributed by atoms with Gasteiger partial charge in [-0.05, 0) is 13.3 Å². The van der Waals surface area contributed by atoms with Crippen LogP contribution in [-0.4, -0.2) is 47.5 Å². The van der Waals surface area contributed by atoms with Crippen LogP contribution in [0.25, 0.3) is 0 Å². The smallest absolute Gasteiger partial charge is 0.394 e. The van der Waals surface area contributed by atoms with E-state index in [-0.39, 0.29) is 6.54 Å². The quantitative estimate of drug-likeness (QED) is 0.470. The number of amides is 1. The standard InChI is InChI=1S/C9H13NO5/c1-5-6(9(14)15-2)3-4-10(5)7(11)8(12)13/h5-6H,3-4H2,1-2H3,(H,12,13)/t5-,6-/m0/s1. The molecule has 0 spiro atoms. The van der Waals surface area contributed by atoms with Crippen LogP contribution >= 0.6 is 0 Å². The van der Waals surface area contributed by atoms with Crippen LogP contribution in [0.3, 0.4) is 0 Å². The van der Waals surface area contributed by atoms with Crippen molar-refractivity contribution in [2.45, 2.75) is 19.4 Å². The van der Waals surface area contributed by atoms with Gasteiger partial charge < -0.3 is 14.7 Å². The number of methoxy groups -OCH3 is 1. The molecule has 0 bridgehead atoms. The molecule has 1 aliphatic rings. The summed E-state index contributed by atoms with van der Waals surface area (Å²) in [5, 5.41) is 8.53. The molecule has 0 aromatic heterocycles. The summed E-state index contributed by atoms with van der Waals surface area (Å²) in [7, 11) is 1.27. The van der Waals surface area contributed by atoms with E-state index in [2.05, 4.69) is 4.74 Å². The Bertz CT molecular complexity index is 301. The van der Waals surface area contributed by atoms with Crippen LogP contribution < -0.4 is 0 Å². The van der Waals surface area contributed by atoms with Crippen molar-refractivity contribution in [3.8, 4) is 0 Å². The van der Waals surface area contributed by atoms with Crippen LogP contribution in [0.1, 0.15) is 13.3 Å². The van der Waals surface area contributed by atoms with Crippen LogP contribution in [0.2, 0.25) is 0 Å². The molecular formula is C9H13NO5. The first-order valence-electron chi connectivity index (χ1n) is 4.60. The van der Waals surface area contributed by atoms with E-state index in [1.807, 2.05) is 0 Å². The maximum atomic E-state index is 11.3. The lowest BCUT2D eigenvalue weighted by Crippen LogP contribution is -2.41.